The van der Waals surface area contributed by atoms with Crippen molar-refractivity contribution in [2.75, 3.05) is 52.5 Å². The summed E-state index contributed by atoms with van der Waals surface area (Å²) in [6.45, 7) is 8.53. The average Bonchev–Trinajstić information content (AvgIpc) is 2.48. The van der Waals surface area contributed by atoms with E-state index in [4.69, 9.17) is 4.74 Å². The molecule has 6 heteroatoms. The number of nitrogens with zero attached hydrogens (tertiary/aromatic N) is 2. The Bertz CT molecular complexity index is 356. The third-order valence-corrected chi connectivity index (χ3v) is 4.18. The minimum Gasteiger partial charge on any atom is -0.379 e. The van der Waals surface area contributed by atoms with Crippen LogP contribution in [0.2, 0.25) is 0 Å². The second-order valence-corrected chi connectivity index (χ2v) is 6.07. The van der Waals surface area contributed by atoms with Crippen molar-refractivity contribution in [3.05, 3.63) is 0 Å². The summed E-state index contributed by atoms with van der Waals surface area (Å²) in [5.74, 6) is 0.351. The third-order valence-electron chi connectivity index (χ3n) is 4.18. The molecule has 120 valence electrons. The zero-order chi connectivity index (χ0) is 15.1. The minimum atomic E-state index is -0.161. The molecule has 0 bridgehead atoms. The number of nitrogens with one attached hydrogen (secondary N) is 1. The quantitative estimate of drug-likeness (QED) is 0.730. The van der Waals surface area contributed by atoms with Gasteiger partial charge in [0.25, 0.3) is 0 Å². The van der Waals surface area contributed by atoms with Crippen LogP contribution in [0.3, 0.4) is 0 Å². The maximum absolute atomic E-state index is 12.1. The lowest BCUT2D eigenvalue weighted by Crippen LogP contribution is -2.43. The highest BCUT2D eigenvalue weighted by molar-refractivity contribution is 5.96. The Hall–Kier alpha value is -1.14. The van der Waals surface area contributed by atoms with E-state index in [1.54, 1.807) is 0 Å². The number of hydrogen-bond donors (Lipinski definition) is 1. The Morgan fingerprint density at radius 3 is 2.71 bits per heavy atom. The molecule has 1 atom stereocenters. The molecule has 0 saturated carbocycles. The highest BCUT2D eigenvalue weighted by Crippen LogP contribution is 2.15. The lowest BCUT2D eigenvalue weighted by atomic mass is 10.00. The maximum Gasteiger partial charge on any atom is 0.232 e. The van der Waals surface area contributed by atoms with Gasteiger partial charge < -0.3 is 15.0 Å². The van der Waals surface area contributed by atoms with Crippen LogP contribution in [0.25, 0.3) is 0 Å². The molecule has 0 aromatic heterocycles. The molecule has 2 rings (SSSR count). The summed E-state index contributed by atoms with van der Waals surface area (Å²) in [6.07, 6.45) is 2.21. The Balaban J connectivity index is 1.60. The summed E-state index contributed by atoms with van der Waals surface area (Å²) in [5.41, 5.74) is 0. The van der Waals surface area contributed by atoms with Crippen LogP contribution in [0.1, 0.15) is 26.2 Å². The van der Waals surface area contributed by atoms with Gasteiger partial charge in [0.1, 0.15) is 6.42 Å². The monoisotopic (exact) mass is 297 g/mol. The van der Waals surface area contributed by atoms with Gasteiger partial charge in [-0.25, -0.2) is 0 Å². The number of likely N-dealkylation sites (tertiary alicyclic amines) is 1. The first-order valence-electron chi connectivity index (χ1n) is 7.99. The topological polar surface area (TPSA) is 61.9 Å². The zero-order valence-electron chi connectivity index (χ0n) is 13.0. The van der Waals surface area contributed by atoms with Gasteiger partial charge in [-0.15, -0.1) is 0 Å². The van der Waals surface area contributed by atoms with E-state index in [1.807, 2.05) is 4.90 Å². The largest absolute Gasteiger partial charge is 0.379 e. The second-order valence-electron chi connectivity index (χ2n) is 6.07. The molecule has 1 unspecified atom stereocenters. The van der Waals surface area contributed by atoms with E-state index < -0.39 is 0 Å². The Morgan fingerprint density at radius 1 is 1.24 bits per heavy atom. The van der Waals surface area contributed by atoms with Crippen molar-refractivity contribution in [3.63, 3.8) is 0 Å². The zero-order valence-corrected chi connectivity index (χ0v) is 13.0. The van der Waals surface area contributed by atoms with E-state index >= 15 is 0 Å². The van der Waals surface area contributed by atoms with Gasteiger partial charge in [0, 0.05) is 39.3 Å². The van der Waals surface area contributed by atoms with Crippen LogP contribution >= 0.6 is 0 Å². The van der Waals surface area contributed by atoms with Crippen molar-refractivity contribution in [1.82, 2.24) is 15.1 Å². The van der Waals surface area contributed by atoms with Gasteiger partial charge in [-0.3, -0.25) is 14.5 Å². The van der Waals surface area contributed by atoms with Crippen molar-refractivity contribution in [2.45, 2.75) is 26.2 Å². The molecular formula is C15H27N3O3. The van der Waals surface area contributed by atoms with Gasteiger partial charge in [0.15, 0.2) is 0 Å². The number of carbonyl (C=O) groups excluding carboxylic acids is 2. The third kappa shape index (κ3) is 5.63. The van der Waals surface area contributed by atoms with Gasteiger partial charge >= 0.3 is 0 Å². The van der Waals surface area contributed by atoms with E-state index in [2.05, 4.69) is 17.1 Å². The molecule has 0 aromatic carbocycles. The van der Waals surface area contributed by atoms with E-state index in [9.17, 15) is 9.59 Å². The summed E-state index contributed by atoms with van der Waals surface area (Å²) in [4.78, 5) is 28.0. The summed E-state index contributed by atoms with van der Waals surface area (Å²) < 4.78 is 5.28. The van der Waals surface area contributed by atoms with Crippen molar-refractivity contribution >= 4 is 11.8 Å². The van der Waals surface area contributed by atoms with Crippen LogP contribution in [0.15, 0.2) is 0 Å². The Morgan fingerprint density at radius 2 is 2.00 bits per heavy atom. The van der Waals surface area contributed by atoms with Crippen LogP contribution in [0, 0.1) is 5.92 Å². The number of piperidine rings is 1. The number of ether oxygens (including phenoxy) is 1. The predicted octanol–water partition coefficient (Wildman–Crippen LogP) is 0.0834. The minimum absolute atomic E-state index is 0.0180. The van der Waals surface area contributed by atoms with Crippen LogP contribution < -0.4 is 5.32 Å². The smallest absolute Gasteiger partial charge is 0.232 e. The van der Waals surface area contributed by atoms with E-state index in [1.165, 1.54) is 6.42 Å². The van der Waals surface area contributed by atoms with Crippen molar-refractivity contribution in [3.8, 4) is 0 Å². The standard InChI is InChI=1S/C15H27N3O3/c1-13-3-2-5-18(12-13)15(20)11-14(19)16-4-6-17-7-9-21-10-8-17/h13H,2-12H2,1H3,(H,16,19). The Kier molecular flexibility index (Phi) is 6.45. The predicted molar refractivity (Wildman–Crippen MR) is 79.9 cm³/mol. The highest BCUT2D eigenvalue weighted by atomic mass is 16.5. The lowest BCUT2D eigenvalue weighted by molar-refractivity contribution is -0.137. The van der Waals surface area contributed by atoms with Crippen LogP contribution in [0.5, 0.6) is 0 Å². The van der Waals surface area contributed by atoms with E-state index in [0.717, 1.165) is 52.4 Å². The molecule has 0 aliphatic carbocycles. The number of morpholine rings is 1. The van der Waals surface area contributed by atoms with Gasteiger partial charge in [-0.05, 0) is 18.8 Å². The van der Waals surface area contributed by atoms with E-state index in [0.29, 0.717) is 12.5 Å². The normalized spacial score (nSPS) is 23.9. The SMILES string of the molecule is CC1CCCN(C(=O)CC(=O)NCCN2CCOCC2)C1. The second kappa shape index (κ2) is 8.34. The molecule has 6 nitrogen and oxygen atoms in total. The maximum atomic E-state index is 12.1. The fourth-order valence-corrected chi connectivity index (χ4v) is 2.91. The molecule has 2 aliphatic heterocycles. The first-order valence-corrected chi connectivity index (χ1v) is 7.99. The summed E-state index contributed by atoms with van der Waals surface area (Å²) in [5, 5.41) is 2.84. The average molecular weight is 297 g/mol. The van der Waals surface area contributed by atoms with Gasteiger partial charge in [-0.1, -0.05) is 6.92 Å². The summed E-state index contributed by atoms with van der Waals surface area (Å²) >= 11 is 0. The van der Waals surface area contributed by atoms with Gasteiger partial charge in [0.05, 0.1) is 13.2 Å². The first-order chi connectivity index (χ1) is 10.1. The molecule has 2 heterocycles. The van der Waals surface area contributed by atoms with Crippen LogP contribution in [0.4, 0.5) is 0 Å². The molecule has 2 fully saturated rings. The fourth-order valence-electron chi connectivity index (χ4n) is 2.91. The molecule has 2 saturated heterocycles. The molecule has 0 aromatic rings. The number of hydrogen-bond acceptors (Lipinski definition) is 4. The van der Waals surface area contributed by atoms with Crippen LogP contribution in [-0.2, 0) is 14.3 Å². The van der Waals surface area contributed by atoms with Crippen molar-refractivity contribution < 1.29 is 14.3 Å². The molecule has 0 radical (unpaired) electrons. The van der Waals surface area contributed by atoms with Crippen molar-refractivity contribution in [1.29, 1.82) is 0 Å². The number of carbonyl (C=O) groups is 2. The fraction of sp³-hybridized carbons (Fsp3) is 0.867. The van der Waals surface area contributed by atoms with Crippen molar-refractivity contribution in [2.24, 2.45) is 5.92 Å². The van der Waals surface area contributed by atoms with Crippen LogP contribution in [-0.4, -0.2) is 74.1 Å². The lowest BCUT2D eigenvalue weighted by Gasteiger charge is -2.31. The molecule has 2 aliphatic rings. The van der Waals surface area contributed by atoms with Gasteiger partial charge in [-0.2, -0.15) is 0 Å². The molecule has 2 amide bonds. The highest BCUT2D eigenvalue weighted by Gasteiger charge is 2.22. The summed E-state index contributed by atoms with van der Waals surface area (Å²) in [6, 6.07) is 0. The summed E-state index contributed by atoms with van der Waals surface area (Å²) in [7, 11) is 0. The first kappa shape index (κ1) is 16.2. The number of rotatable bonds is 5. The van der Waals surface area contributed by atoms with E-state index in [-0.39, 0.29) is 18.2 Å². The Labute approximate surface area is 126 Å². The molecule has 0 spiro atoms. The molecule has 21 heavy (non-hydrogen) atoms. The van der Waals surface area contributed by atoms with Gasteiger partial charge in [0.2, 0.25) is 11.8 Å². The molecule has 1 N–H and O–H groups in total. The number of amides is 2. The molecular weight excluding hydrogens is 270 g/mol.